The van der Waals surface area contributed by atoms with Crippen molar-refractivity contribution in [2.24, 2.45) is 52.5 Å². The predicted molar refractivity (Wildman–Crippen MR) is 124 cm³/mol. The van der Waals surface area contributed by atoms with Crippen LogP contribution in [-0.4, -0.2) is 24.2 Å². The molecule has 0 spiro atoms. The normalized spacial score (nSPS) is 35.0. The molecule has 0 aromatic carbocycles. The lowest BCUT2D eigenvalue weighted by Crippen LogP contribution is -2.39. The molecule has 4 nitrogen and oxygen atoms in total. The van der Waals surface area contributed by atoms with E-state index >= 15 is 0 Å². The summed E-state index contributed by atoms with van der Waals surface area (Å²) in [6, 6.07) is 0.926. The highest BCUT2D eigenvalue weighted by Gasteiger charge is 2.30. The molecule has 168 valence electrons. The van der Waals surface area contributed by atoms with Gasteiger partial charge in [0, 0.05) is 17.6 Å². The molecule has 8 N–H and O–H groups in total. The molecule has 0 saturated heterocycles. The minimum atomic E-state index is -0.0331. The van der Waals surface area contributed by atoms with Crippen molar-refractivity contribution in [1.82, 2.24) is 0 Å². The summed E-state index contributed by atoms with van der Waals surface area (Å²) in [5.41, 5.74) is 23.5. The van der Waals surface area contributed by atoms with Crippen molar-refractivity contribution in [2.45, 2.75) is 116 Å². The molecule has 0 bridgehead atoms. The SMILES string of the molecule is CC(CCCCN)C(C)(C)N.CC1CC(CC2CCC(N)C(C)C2)CCC1N. The van der Waals surface area contributed by atoms with E-state index in [2.05, 4.69) is 34.6 Å². The van der Waals surface area contributed by atoms with Gasteiger partial charge in [-0.2, -0.15) is 0 Å². The maximum atomic E-state index is 6.10. The van der Waals surface area contributed by atoms with E-state index < -0.39 is 0 Å². The standard InChI is InChI=1S/C15H30N2.C9H22N2/c1-10-7-12(3-5-14(10)16)9-13-4-6-15(17)11(2)8-13;1-8(9(2,3)11)6-4-5-7-10/h10-15H,3-9,16-17H2,1-2H3;8H,4-7,10-11H2,1-3H3. The summed E-state index contributed by atoms with van der Waals surface area (Å²) in [4.78, 5) is 0. The van der Waals surface area contributed by atoms with E-state index in [9.17, 15) is 0 Å². The van der Waals surface area contributed by atoms with E-state index in [4.69, 9.17) is 22.9 Å². The maximum Gasteiger partial charge on any atom is 0.0123 e. The smallest absolute Gasteiger partial charge is 0.0123 e. The van der Waals surface area contributed by atoms with E-state index in [1.807, 2.05) is 0 Å². The summed E-state index contributed by atoms with van der Waals surface area (Å²) in [7, 11) is 0. The number of rotatable bonds is 7. The molecule has 0 aliphatic heterocycles. The highest BCUT2D eigenvalue weighted by atomic mass is 14.7. The second-order valence-electron chi connectivity index (χ2n) is 10.9. The monoisotopic (exact) mass is 396 g/mol. The van der Waals surface area contributed by atoms with Crippen molar-refractivity contribution in [1.29, 1.82) is 0 Å². The van der Waals surface area contributed by atoms with Gasteiger partial charge < -0.3 is 22.9 Å². The minimum absolute atomic E-state index is 0.0331. The molecule has 7 unspecified atom stereocenters. The van der Waals surface area contributed by atoms with Crippen LogP contribution in [0.1, 0.15) is 98.8 Å². The number of unbranched alkanes of at least 4 members (excludes halogenated alkanes) is 1. The first kappa shape index (κ1) is 25.9. The van der Waals surface area contributed by atoms with Crippen LogP contribution in [0.2, 0.25) is 0 Å². The van der Waals surface area contributed by atoms with Gasteiger partial charge in [0.2, 0.25) is 0 Å². The van der Waals surface area contributed by atoms with Gasteiger partial charge in [0.25, 0.3) is 0 Å². The Labute approximate surface area is 175 Å². The highest BCUT2D eigenvalue weighted by Crippen LogP contribution is 2.38. The topological polar surface area (TPSA) is 104 Å². The fourth-order valence-electron chi connectivity index (χ4n) is 4.93. The average Bonchev–Trinajstić information content (AvgIpc) is 2.61. The molecule has 0 radical (unpaired) electrons. The minimum Gasteiger partial charge on any atom is -0.330 e. The van der Waals surface area contributed by atoms with Crippen LogP contribution in [-0.2, 0) is 0 Å². The van der Waals surface area contributed by atoms with E-state index in [0.29, 0.717) is 18.0 Å². The Morgan fingerprint density at radius 1 is 0.857 bits per heavy atom. The van der Waals surface area contributed by atoms with Crippen LogP contribution < -0.4 is 22.9 Å². The first-order valence-electron chi connectivity index (χ1n) is 12.0. The van der Waals surface area contributed by atoms with Crippen molar-refractivity contribution >= 4 is 0 Å². The molecular weight excluding hydrogens is 344 g/mol. The Hall–Kier alpha value is -0.160. The molecule has 28 heavy (non-hydrogen) atoms. The van der Waals surface area contributed by atoms with Gasteiger partial charge in [-0.1, -0.05) is 27.2 Å². The maximum absolute atomic E-state index is 6.10. The number of nitrogens with two attached hydrogens (primary N) is 4. The summed E-state index contributed by atoms with van der Waals surface area (Å²) in [6.45, 7) is 11.8. The Bertz CT molecular complexity index is 382. The number of hydrogen-bond donors (Lipinski definition) is 4. The van der Waals surface area contributed by atoms with Crippen molar-refractivity contribution < 1.29 is 0 Å². The first-order valence-corrected chi connectivity index (χ1v) is 12.0. The quantitative estimate of drug-likeness (QED) is 0.479. The zero-order chi connectivity index (χ0) is 21.3. The van der Waals surface area contributed by atoms with Crippen LogP contribution in [0.4, 0.5) is 0 Å². The van der Waals surface area contributed by atoms with Crippen LogP contribution in [0.25, 0.3) is 0 Å². The Balaban J connectivity index is 0.000000311. The average molecular weight is 397 g/mol. The molecule has 2 saturated carbocycles. The Kier molecular flexibility index (Phi) is 11.6. The van der Waals surface area contributed by atoms with E-state index in [1.165, 1.54) is 57.8 Å². The number of hydrogen-bond acceptors (Lipinski definition) is 4. The van der Waals surface area contributed by atoms with Crippen LogP contribution >= 0.6 is 0 Å². The van der Waals surface area contributed by atoms with Gasteiger partial charge >= 0.3 is 0 Å². The van der Waals surface area contributed by atoms with E-state index in [-0.39, 0.29) is 5.54 Å². The van der Waals surface area contributed by atoms with Crippen molar-refractivity contribution in [3.63, 3.8) is 0 Å². The summed E-state index contributed by atoms with van der Waals surface area (Å²) < 4.78 is 0. The fourth-order valence-corrected chi connectivity index (χ4v) is 4.93. The second kappa shape index (κ2) is 12.5. The zero-order valence-electron chi connectivity index (χ0n) is 19.6. The van der Waals surface area contributed by atoms with Gasteiger partial charge in [0.05, 0.1) is 0 Å². The second-order valence-corrected chi connectivity index (χ2v) is 10.9. The molecule has 2 aliphatic carbocycles. The lowest BCUT2D eigenvalue weighted by molar-refractivity contribution is 0.169. The molecule has 2 fully saturated rings. The molecule has 0 heterocycles. The van der Waals surface area contributed by atoms with Crippen molar-refractivity contribution in [3.8, 4) is 0 Å². The largest absolute Gasteiger partial charge is 0.330 e. The van der Waals surface area contributed by atoms with Crippen molar-refractivity contribution in [3.05, 3.63) is 0 Å². The lowest BCUT2D eigenvalue weighted by atomic mass is 9.71. The fraction of sp³-hybridized carbons (Fsp3) is 1.00. The van der Waals surface area contributed by atoms with Gasteiger partial charge in [-0.15, -0.1) is 0 Å². The van der Waals surface area contributed by atoms with Gasteiger partial charge in [-0.05, 0) is 108 Å². The molecule has 0 aromatic heterocycles. The molecule has 0 aromatic rings. The first-order chi connectivity index (χ1) is 13.0. The van der Waals surface area contributed by atoms with Crippen molar-refractivity contribution in [2.75, 3.05) is 6.54 Å². The summed E-state index contributed by atoms with van der Waals surface area (Å²) in [5.74, 6) is 3.94. The summed E-state index contributed by atoms with van der Waals surface area (Å²) in [6.07, 6.45) is 12.9. The van der Waals surface area contributed by atoms with Crippen LogP contribution in [0, 0.1) is 29.6 Å². The zero-order valence-corrected chi connectivity index (χ0v) is 19.6. The van der Waals surface area contributed by atoms with Crippen LogP contribution in [0.15, 0.2) is 0 Å². The summed E-state index contributed by atoms with van der Waals surface area (Å²) >= 11 is 0. The third-order valence-corrected chi connectivity index (χ3v) is 7.72. The van der Waals surface area contributed by atoms with E-state index in [0.717, 1.165) is 36.6 Å². The third-order valence-electron chi connectivity index (χ3n) is 7.72. The Morgan fingerprint density at radius 2 is 1.32 bits per heavy atom. The molecule has 0 amide bonds. The van der Waals surface area contributed by atoms with E-state index in [1.54, 1.807) is 0 Å². The summed E-state index contributed by atoms with van der Waals surface area (Å²) in [5, 5.41) is 0. The molecule has 2 aliphatic rings. The highest BCUT2D eigenvalue weighted by molar-refractivity contribution is 4.85. The Morgan fingerprint density at radius 3 is 1.68 bits per heavy atom. The molecule has 7 atom stereocenters. The van der Waals surface area contributed by atoms with Crippen LogP contribution in [0.5, 0.6) is 0 Å². The molecule has 4 heteroatoms. The predicted octanol–water partition coefficient (Wildman–Crippen LogP) is 4.39. The third kappa shape index (κ3) is 9.56. The van der Waals surface area contributed by atoms with Gasteiger partial charge in [-0.25, -0.2) is 0 Å². The van der Waals surface area contributed by atoms with Crippen LogP contribution in [0.3, 0.4) is 0 Å². The van der Waals surface area contributed by atoms with Gasteiger partial charge in [-0.3, -0.25) is 0 Å². The van der Waals surface area contributed by atoms with Gasteiger partial charge in [0.1, 0.15) is 0 Å². The molecule has 2 rings (SSSR count). The van der Waals surface area contributed by atoms with Gasteiger partial charge in [0.15, 0.2) is 0 Å². The molecular formula is C24H52N4. The lowest BCUT2D eigenvalue weighted by Gasteiger charge is -2.37.